The number of nitrogens with one attached hydrogen (secondary N) is 1. The first kappa shape index (κ1) is 17.4. The van der Waals surface area contributed by atoms with Crippen LogP contribution in [0.2, 0.25) is 0 Å². The highest BCUT2D eigenvalue weighted by molar-refractivity contribution is 7.99. The summed E-state index contributed by atoms with van der Waals surface area (Å²) < 4.78 is 5.14. The van der Waals surface area contributed by atoms with Gasteiger partial charge in [0, 0.05) is 5.75 Å². The largest absolute Gasteiger partial charge is 0.497 e. The lowest BCUT2D eigenvalue weighted by Gasteiger charge is -2.17. The van der Waals surface area contributed by atoms with Crippen molar-refractivity contribution in [1.29, 1.82) is 0 Å². The van der Waals surface area contributed by atoms with Gasteiger partial charge in [-0.25, -0.2) is 0 Å². The number of carbonyl (C=O) groups is 1. The number of ether oxygens (including phenoxy) is 1. The average Bonchev–Trinajstić information content (AvgIpc) is 2.61. The zero-order valence-electron chi connectivity index (χ0n) is 13.6. The van der Waals surface area contributed by atoms with Gasteiger partial charge in [-0.1, -0.05) is 49.4 Å². The van der Waals surface area contributed by atoms with Crippen LogP contribution in [0.3, 0.4) is 0 Å². The molecule has 1 N–H and O–H groups in total. The van der Waals surface area contributed by atoms with E-state index in [1.165, 1.54) is 5.56 Å². The van der Waals surface area contributed by atoms with Gasteiger partial charge in [-0.3, -0.25) is 4.79 Å². The molecule has 2 rings (SSSR count). The van der Waals surface area contributed by atoms with Crippen LogP contribution >= 0.6 is 11.8 Å². The standard InChI is InChI=1S/C19H23NO2S/c1-3-18(16-7-5-4-6-8-16)20-19(21)14-23-13-15-9-11-17(22-2)12-10-15/h4-12,18H,3,13-14H2,1-2H3,(H,20,21)/t18-/m1/s1. The van der Waals surface area contributed by atoms with Crippen LogP contribution in [-0.4, -0.2) is 18.8 Å². The molecule has 4 heteroatoms. The predicted molar refractivity (Wildman–Crippen MR) is 96.8 cm³/mol. The van der Waals surface area contributed by atoms with Gasteiger partial charge in [0.2, 0.25) is 5.91 Å². The topological polar surface area (TPSA) is 38.3 Å². The van der Waals surface area contributed by atoms with Crippen LogP contribution in [-0.2, 0) is 10.5 Å². The molecule has 0 saturated carbocycles. The number of benzene rings is 2. The van der Waals surface area contributed by atoms with Crippen molar-refractivity contribution in [3.05, 3.63) is 65.7 Å². The van der Waals surface area contributed by atoms with Crippen molar-refractivity contribution in [2.75, 3.05) is 12.9 Å². The fourth-order valence-electron chi connectivity index (χ4n) is 2.33. The molecule has 0 aliphatic rings. The Kier molecular flexibility index (Phi) is 7.01. The monoisotopic (exact) mass is 329 g/mol. The second-order valence-electron chi connectivity index (χ2n) is 5.28. The van der Waals surface area contributed by atoms with Crippen LogP contribution in [0.15, 0.2) is 54.6 Å². The average molecular weight is 329 g/mol. The van der Waals surface area contributed by atoms with E-state index in [1.54, 1.807) is 18.9 Å². The van der Waals surface area contributed by atoms with Gasteiger partial charge in [-0.15, -0.1) is 11.8 Å². The van der Waals surface area contributed by atoms with Crippen molar-refractivity contribution < 1.29 is 9.53 Å². The summed E-state index contributed by atoms with van der Waals surface area (Å²) in [7, 11) is 1.66. The van der Waals surface area contributed by atoms with Crippen molar-refractivity contribution in [3.8, 4) is 5.75 Å². The zero-order valence-corrected chi connectivity index (χ0v) is 14.4. The summed E-state index contributed by atoms with van der Waals surface area (Å²) in [5.41, 5.74) is 2.35. The van der Waals surface area contributed by atoms with Crippen LogP contribution in [0.5, 0.6) is 5.75 Å². The fourth-order valence-corrected chi connectivity index (χ4v) is 3.12. The molecular weight excluding hydrogens is 306 g/mol. The first-order chi connectivity index (χ1) is 11.2. The Balaban J connectivity index is 1.77. The number of hydrogen-bond donors (Lipinski definition) is 1. The van der Waals surface area contributed by atoms with Crippen molar-refractivity contribution in [2.24, 2.45) is 0 Å². The van der Waals surface area contributed by atoms with Gasteiger partial charge in [0.1, 0.15) is 5.75 Å². The van der Waals surface area contributed by atoms with Gasteiger partial charge in [-0.05, 0) is 29.7 Å². The molecule has 0 aliphatic carbocycles. The molecular formula is C19H23NO2S. The van der Waals surface area contributed by atoms with Crippen LogP contribution in [0, 0.1) is 0 Å². The Bertz CT molecular complexity index is 599. The van der Waals surface area contributed by atoms with Gasteiger partial charge in [0.25, 0.3) is 0 Å². The maximum atomic E-state index is 12.1. The number of thioether (sulfide) groups is 1. The number of methoxy groups -OCH3 is 1. The van der Waals surface area contributed by atoms with Crippen molar-refractivity contribution in [3.63, 3.8) is 0 Å². The Hall–Kier alpha value is -1.94. The summed E-state index contributed by atoms with van der Waals surface area (Å²) in [5.74, 6) is 2.22. The van der Waals surface area contributed by atoms with E-state index < -0.39 is 0 Å². The molecule has 3 nitrogen and oxygen atoms in total. The Morgan fingerprint density at radius 2 is 1.83 bits per heavy atom. The smallest absolute Gasteiger partial charge is 0.230 e. The lowest BCUT2D eigenvalue weighted by atomic mass is 10.0. The summed E-state index contributed by atoms with van der Waals surface area (Å²) in [4.78, 5) is 12.1. The molecule has 0 fully saturated rings. The molecule has 23 heavy (non-hydrogen) atoms. The highest BCUT2D eigenvalue weighted by atomic mass is 32.2. The molecule has 0 heterocycles. The summed E-state index contributed by atoms with van der Waals surface area (Å²) in [6, 6.07) is 18.1. The summed E-state index contributed by atoms with van der Waals surface area (Å²) in [6.45, 7) is 2.09. The van der Waals surface area contributed by atoms with Crippen molar-refractivity contribution in [2.45, 2.75) is 25.1 Å². The minimum atomic E-state index is 0.0826. The maximum absolute atomic E-state index is 12.1. The zero-order chi connectivity index (χ0) is 16.5. The van der Waals surface area contributed by atoms with Crippen LogP contribution < -0.4 is 10.1 Å². The molecule has 2 aromatic carbocycles. The van der Waals surface area contributed by atoms with Gasteiger partial charge < -0.3 is 10.1 Å². The van der Waals surface area contributed by atoms with Crippen LogP contribution in [0.1, 0.15) is 30.5 Å². The van der Waals surface area contributed by atoms with E-state index in [9.17, 15) is 4.79 Å². The van der Waals surface area contributed by atoms with E-state index in [-0.39, 0.29) is 11.9 Å². The highest BCUT2D eigenvalue weighted by Crippen LogP contribution is 2.18. The lowest BCUT2D eigenvalue weighted by molar-refractivity contribution is -0.119. The molecule has 0 unspecified atom stereocenters. The lowest BCUT2D eigenvalue weighted by Crippen LogP contribution is -2.29. The van der Waals surface area contributed by atoms with E-state index >= 15 is 0 Å². The van der Waals surface area contributed by atoms with Crippen molar-refractivity contribution in [1.82, 2.24) is 5.32 Å². The number of carbonyl (C=O) groups excluding carboxylic acids is 1. The Morgan fingerprint density at radius 1 is 1.13 bits per heavy atom. The minimum absolute atomic E-state index is 0.0826. The first-order valence-electron chi connectivity index (χ1n) is 7.78. The first-order valence-corrected chi connectivity index (χ1v) is 8.93. The molecule has 2 aromatic rings. The van der Waals surface area contributed by atoms with Gasteiger partial charge in [0.05, 0.1) is 18.9 Å². The molecule has 1 amide bonds. The van der Waals surface area contributed by atoms with Crippen LogP contribution in [0.4, 0.5) is 0 Å². The van der Waals surface area contributed by atoms with E-state index in [0.717, 1.165) is 23.5 Å². The molecule has 0 spiro atoms. The van der Waals surface area contributed by atoms with E-state index in [1.807, 2.05) is 42.5 Å². The molecule has 0 bridgehead atoms. The quantitative estimate of drug-likeness (QED) is 0.789. The van der Waals surface area contributed by atoms with Gasteiger partial charge in [0.15, 0.2) is 0 Å². The number of rotatable bonds is 8. The number of amides is 1. The van der Waals surface area contributed by atoms with Crippen LogP contribution in [0.25, 0.3) is 0 Å². The molecule has 1 atom stereocenters. The molecule has 0 radical (unpaired) electrons. The molecule has 0 aromatic heterocycles. The Morgan fingerprint density at radius 3 is 2.43 bits per heavy atom. The second kappa shape index (κ2) is 9.26. The fraction of sp³-hybridized carbons (Fsp3) is 0.316. The Labute approximate surface area is 142 Å². The van der Waals surface area contributed by atoms with E-state index in [0.29, 0.717) is 5.75 Å². The third-order valence-electron chi connectivity index (χ3n) is 3.61. The van der Waals surface area contributed by atoms with Crippen molar-refractivity contribution >= 4 is 17.7 Å². The SMILES string of the molecule is CC[C@@H](NC(=O)CSCc1ccc(OC)cc1)c1ccccc1. The number of hydrogen-bond acceptors (Lipinski definition) is 3. The summed E-state index contributed by atoms with van der Waals surface area (Å²) in [5, 5.41) is 3.11. The summed E-state index contributed by atoms with van der Waals surface area (Å²) in [6.07, 6.45) is 0.888. The van der Waals surface area contributed by atoms with E-state index in [4.69, 9.17) is 4.74 Å². The minimum Gasteiger partial charge on any atom is -0.497 e. The second-order valence-corrected chi connectivity index (χ2v) is 6.27. The van der Waals surface area contributed by atoms with E-state index in [2.05, 4.69) is 24.4 Å². The van der Waals surface area contributed by atoms with Gasteiger partial charge in [-0.2, -0.15) is 0 Å². The maximum Gasteiger partial charge on any atom is 0.230 e. The molecule has 122 valence electrons. The predicted octanol–water partition coefficient (Wildman–Crippen LogP) is 4.20. The summed E-state index contributed by atoms with van der Waals surface area (Å²) >= 11 is 1.62. The van der Waals surface area contributed by atoms with Gasteiger partial charge >= 0.3 is 0 Å². The third-order valence-corrected chi connectivity index (χ3v) is 4.61. The normalized spacial score (nSPS) is 11.7. The third kappa shape index (κ3) is 5.64. The highest BCUT2D eigenvalue weighted by Gasteiger charge is 2.12. The molecule has 0 aliphatic heterocycles. The molecule has 0 saturated heterocycles.